The lowest BCUT2D eigenvalue weighted by Crippen LogP contribution is -2.51. The van der Waals surface area contributed by atoms with Crippen molar-refractivity contribution < 1.29 is 22.8 Å². The van der Waals surface area contributed by atoms with E-state index >= 15 is 0 Å². The predicted octanol–water partition coefficient (Wildman–Crippen LogP) is 3.36. The number of amides is 2. The first-order valence-electron chi connectivity index (χ1n) is 10.8. The summed E-state index contributed by atoms with van der Waals surface area (Å²) in [7, 11) is -3.86. The molecule has 0 aliphatic rings. The maximum atomic E-state index is 13.5. The van der Waals surface area contributed by atoms with Crippen LogP contribution in [0.5, 0.6) is 0 Å². The number of sulfonamides is 1. The molecule has 10 heteroatoms. The fourth-order valence-electron chi connectivity index (χ4n) is 3.30. The van der Waals surface area contributed by atoms with E-state index in [0.29, 0.717) is 12.1 Å². The van der Waals surface area contributed by atoms with Gasteiger partial charge in [0.1, 0.15) is 12.6 Å². The van der Waals surface area contributed by atoms with Gasteiger partial charge >= 0.3 is 0 Å². The van der Waals surface area contributed by atoms with Crippen molar-refractivity contribution in [2.24, 2.45) is 0 Å². The van der Waals surface area contributed by atoms with Gasteiger partial charge in [-0.1, -0.05) is 47.1 Å². The Kier molecular flexibility index (Phi) is 9.81. The van der Waals surface area contributed by atoms with E-state index in [9.17, 15) is 22.8 Å². The lowest BCUT2D eigenvalue weighted by atomic mass is 10.1. The molecule has 0 radical (unpaired) electrons. The first-order chi connectivity index (χ1) is 15.9. The smallest absolute Gasteiger partial charge is 0.244 e. The van der Waals surface area contributed by atoms with E-state index in [1.165, 1.54) is 24.0 Å². The van der Waals surface area contributed by atoms with E-state index in [1.54, 1.807) is 19.1 Å². The van der Waals surface area contributed by atoms with E-state index < -0.39 is 28.5 Å². The molecule has 0 fully saturated rings. The highest BCUT2D eigenvalue weighted by atomic mass is 79.9. The molecule has 1 unspecified atom stereocenters. The van der Waals surface area contributed by atoms with Gasteiger partial charge in [-0.3, -0.25) is 18.7 Å². The summed E-state index contributed by atoms with van der Waals surface area (Å²) in [6.07, 6.45) is 1.74. The van der Waals surface area contributed by atoms with Gasteiger partial charge in [0.25, 0.3) is 0 Å². The largest absolute Gasteiger partial charge is 0.354 e. The number of nitrogens with zero attached hydrogens (tertiary/aromatic N) is 2. The molecule has 2 amide bonds. The standard InChI is InChI=1S/C24H30BrN3O5S/c1-5-12-26-24(31)17(2)27(15-19-8-6-10-21(25)13-19)23(30)16-28(34(4,32)33)22-11-7-9-20(14-22)18(3)29/h6-11,13-14,17H,5,12,15-16H2,1-4H3,(H,26,31). The molecule has 2 aromatic rings. The summed E-state index contributed by atoms with van der Waals surface area (Å²) >= 11 is 3.41. The van der Waals surface area contributed by atoms with Gasteiger partial charge in [-0.2, -0.15) is 0 Å². The monoisotopic (exact) mass is 551 g/mol. The molecule has 1 atom stereocenters. The fourth-order valence-corrected chi connectivity index (χ4v) is 4.59. The normalized spacial score (nSPS) is 12.0. The minimum absolute atomic E-state index is 0.115. The first-order valence-corrected chi connectivity index (χ1v) is 13.5. The van der Waals surface area contributed by atoms with Gasteiger partial charge in [0.05, 0.1) is 11.9 Å². The number of rotatable bonds is 11. The zero-order valence-electron chi connectivity index (χ0n) is 19.7. The van der Waals surface area contributed by atoms with Crippen molar-refractivity contribution in [3.63, 3.8) is 0 Å². The van der Waals surface area contributed by atoms with Crippen molar-refractivity contribution in [2.45, 2.75) is 39.8 Å². The molecule has 2 aromatic carbocycles. The summed E-state index contributed by atoms with van der Waals surface area (Å²) in [4.78, 5) is 39.3. The third kappa shape index (κ3) is 7.66. The van der Waals surface area contributed by atoms with Crippen LogP contribution in [0.25, 0.3) is 0 Å². The van der Waals surface area contributed by atoms with Crippen LogP contribution in [0, 0.1) is 0 Å². The van der Waals surface area contributed by atoms with Crippen LogP contribution in [-0.2, 0) is 26.2 Å². The lowest BCUT2D eigenvalue weighted by molar-refractivity contribution is -0.139. The number of hydrogen-bond donors (Lipinski definition) is 1. The number of benzene rings is 2. The Morgan fingerprint density at radius 1 is 1.09 bits per heavy atom. The Bertz CT molecular complexity index is 1150. The second kappa shape index (κ2) is 12.1. The lowest BCUT2D eigenvalue weighted by Gasteiger charge is -2.31. The Morgan fingerprint density at radius 2 is 1.76 bits per heavy atom. The minimum atomic E-state index is -3.86. The third-order valence-corrected chi connectivity index (χ3v) is 6.81. The van der Waals surface area contributed by atoms with Crippen LogP contribution in [0.3, 0.4) is 0 Å². The van der Waals surface area contributed by atoms with Gasteiger partial charge in [0, 0.05) is 23.1 Å². The molecule has 0 aromatic heterocycles. The Morgan fingerprint density at radius 3 is 2.35 bits per heavy atom. The molecule has 1 N–H and O–H groups in total. The summed E-state index contributed by atoms with van der Waals surface area (Å²) in [5.41, 5.74) is 1.31. The average Bonchev–Trinajstić information content (AvgIpc) is 2.78. The third-order valence-electron chi connectivity index (χ3n) is 5.18. The van der Waals surface area contributed by atoms with Gasteiger partial charge in [0.2, 0.25) is 21.8 Å². The first kappa shape index (κ1) is 27.5. The molecule has 0 aliphatic heterocycles. The van der Waals surface area contributed by atoms with Crippen molar-refractivity contribution in [1.82, 2.24) is 10.2 Å². The summed E-state index contributed by atoms with van der Waals surface area (Å²) in [5.74, 6) is -1.09. The molecular formula is C24H30BrN3O5S. The minimum Gasteiger partial charge on any atom is -0.354 e. The SMILES string of the molecule is CCCNC(=O)C(C)N(Cc1cccc(Br)c1)C(=O)CN(c1cccc(C(C)=O)c1)S(C)(=O)=O. The molecule has 0 aliphatic carbocycles. The van der Waals surface area contributed by atoms with E-state index in [1.807, 2.05) is 31.2 Å². The van der Waals surface area contributed by atoms with Crippen LogP contribution in [0.1, 0.15) is 43.1 Å². The number of anilines is 1. The van der Waals surface area contributed by atoms with Crippen LogP contribution in [0.4, 0.5) is 5.69 Å². The quantitative estimate of drug-likeness (QED) is 0.431. The number of Topliss-reactive ketones (excluding diaryl/α,β-unsaturated/α-hetero) is 1. The maximum Gasteiger partial charge on any atom is 0.244 e. The molecule has 0 bridgehead atoms. The summed E-state index contributed by atoms with van der Waals surface area (Å²) in [5, 5.41) is 2.79. The number of hydrogen-bond acceptors (Lipinski definition) is 5. The molecule has 0 heterocycles. The zero-order valence-corrected chi connectivity index (χ0v) is 22.1. The molecule has 0 saturated carbocycles. The van der Waals surface area contributed by atoms with Crippen LogP contribution in [0.2, 0.25) is 0 Å². The van der Waals surface area contributed by atoms with Gasteiger partial charge in [0.15, 0.2) is 5.78 Å². The van der Waals surface area contributed by atoms with Crippen molar-refractivity contribution in [3.05, 3.63) is 64.1 Å². The second-order valence-corrected chi connectivity index (χ2v) is 10.8. The van der Waals surface area contributed by atoms with Gasteiger partial charge in [-0.25, -0.2) is 8.42 Å². The number of carbonyl (C=O) groups is 3. The predicted molar refractivity (Wildman–Crippen MR) is 136 cm³/mol. The molecular weight excluding hydrogens is 522 g/mol. The molecule has 8 nitrogen and oxygen atoms in total. The molecule has 2 rings (SSSR count). The Labute approximate surface area is 209 Å². The highest BCUT2D eigenvalue weighted by molar-refractivity contribution is 9.10. The van der Waals surface area contributed by atoms with Crippen molar-refractivity contribution in [2.75, 3.05) is 23.7 Å². The highest BCUT2D eigenvalue weighted by Crippen LogP contribution is 2.21. The van der Waals surface area contributed by atoms with Crippen LogP contribution >= 0.6 is 15.9 Å². The highest BCUT2D eigenvalue weighted by Gasteiger charge is 2.30. The van der Waals surface area contributed by atoms with Crippen molar-refractivity contribution in [3.8, 4) is 0 Å². The molecule has 34 heavy (non-hydrogen) atoms. The van der Waals surface area contributed by atoms with E-state index in [2.05, 4.69) is 21.2 Å². The van der Waals surface area contributed by atoms with Gasteiger partial charge < -0.3 is 10.2 Å². The van der Waals surface area contributed by atoms with E-state index in [4.69, 9.17) is 0 Å². The van der Waals surface area contributed by atoms with Crippen LogP contribution in [0.15, 0.2) is 53.0 Å². The number of halogens is 1. The summed E-state index contributed by atoms with van der Waals surface area (Å²) in [6, 6.07) is 12.6. The average molecular weight is 552 g/mol. The number of nitrogens with one attached hydrogen (secondary N) is 1. The molecule has 184 valence electrons. The second-order valence-electron chi connectivity index (χ2n) is 7.99. The maximum absolute atomic E-state index is 13.5. The van der Waals surface area contributed by atoms with Crippen molar-refractivity contribution in [1.29, 1.82) is 0 Å². The Balaban J connectivity index is 2.41. The Hall–Kier alpha value is -2.72. The molecule has 0 saturated heterocycles. The summed E-state index contributed by atoms with van der Waals surface area (Å²) < 4.78 is 27.0. The topological polar surface area (TPSA) is 104 Å². The fraction of sp³-hybridized carbons (Fsp3) is 0.375. The van der Waals surface area contributed by atoms with Gasteiger partial charge in [-0.05, 0) is 50.1 Å². The number of ketones is 1. The van der Waals surface area contributed by atoms with E-state index in [-0.39, 0.29) is 23.9 Å². The zero-order chi connectivity index (χ0) is 25.5. The number of carbonyl (C=O) groups excluding carboxylic acids is 3. The van der Waals surface area contributed by atoms with E-state index in [0.717, 1.165) is 27.0 Å². The van der Waals surface area contributed by atoms with Gasteiger partial charge in [-0.15, -0.1) is 0 Å². The van der Waals surface area contributed by atoms with Crippen LogP contribution in [-0.4, -0.2) is 56.3 Å². The molecule has 0 spiro atoms. The van der Waals surface area contributed by atoms with Crippen molar-refractivity contribution >= 4 is 49.2 Å². The van der Waals surface area contributed by atoms with Crippen LogP contribution < -0.4 is 9.62 Å². The summed E-state index contributed by atoms with van der Waals surface area (Å²) in [6.45, 7) is 4.99.